The van der Waals surface area contributed by atoms with Crippen LogP contribution in [0.5, 0.6) is 0 Å². The van der Waals surface area contributed by atoms with Crippen molar-refractivity contribution in [1.82, 2.24) is 0 Å². The summed E-state index contributed by atoms with van der Waals surface area (Å²) in [4.78, 5) is 24.1. The summed E-state index contributed by atoms with van der Waals surface area (Å²) in [7, 11) is 1.28. The van der Waals surface area contributed by atoms with E-state index in [0.717, 1.165) is 18.4 Å². The Morgan fingerprint density at radius 3 is 2.31 bits per heavy atom. The fourth-order valence-electron chi connectivity index (χ4n) is 3.41. The molecule has 1 aliphatic rings. The van der Waals surface area contributed by atoms with Gasteiger partial charge in [-0.15, -0.1) is 0 Å². The molecule has 1 aliphatic carbocycles. The third kappa shape index (κ3) is 3.70. The lowest BCUT2D eigenvalue weighted by molar-refractivity contribution is -0.149. The summed E-state index contributed by atoms with van der Waals surface area (Å²) in [5.41, 5.74) is 0.263. The lowest BCUT2D eigenvalue weighted by atomic mass is 9.67. The predicted octanol–water partition coefficient (Wildman–Crippen LogP) is 2.67. The molecule has 0 aromatic heterocycles. The number of methoxy groups -OCH3 is 1. The monoisotopic (exact) mass is 354 g/mol. The van der Waals surface area contributed by atoms with Gasteiger partial charge in [-0.3, -0.25) is 9.59 Å². The summed E-state index contributed by atoms with van der Waals surface area (Å²) in [6, 6.07) is 11.1. The van der Waals surface area contributed by atoms with Crippen LogP contribution >= 0.6 is 0 Å². The minimum Gasteiger partial charge on any atom is -0.468 e. The van der Waals surface area contributed by atoms with E-state index in [0.29, 0.717) is 18.6 Å². The highest BCUT2D eigenvalue weighted by Crippen LogP contribution is 2.52. The van der Waals surface area contributed by atoms with E-state index in [1.54, 1.807) is 19.1 Å². The van der Waals surface area contributed by atoms with Crippen molar-refractivity contribution in [2.75, 3.05) is 13.7 Å². The van der Waals surface area contributed by atoms with E-state index < -0.39 is 17.3 Å². The average molecular weight is 354 g/mol. The van der Waals surface area contributed by atoms with Gasteiger partial charge in [0.1, 0.15) is 5.41 Å². The third-order valence-corrected chi connectivity index (χ3v) is 4.81. The van der Waals surface area contributed by atoms with Crippen LogP contribution in [0.3, 0.4) is 0 Å². The second kappa shape index (κ2) is 8.49. The van der Waals surface area contributed by atoms with Gasteiger partial charge < -0.3 is 9.47 Å². The lowest BCUT2D eigenvalue weighted by Crippen LogP contribution is -2.45. The number of hydrogen-bond donors (Lipinski definition) is 0. The molecule has 1 saturated carbocycles. The zero-order valence-electron chi connectivity index (χ0n) is 15.0. The first kappa shape index (κ1) is 19.5. The van der Waals surface area contributed by atoms with Gasteiger partial charge in [0.05, 0.1) is 25.9 Å². The van der Waals surface area contributed by atoms with E-state index >= 15 is 0 Å². The Hall–Kier alpha value is -2.86. The zero-order valence-corrected chi connectivity index (χ0v) is 15.0. The maximum Gasteiger partial charge on any atom is 0.319 e. The molecule has 0 spiro atoms. The van der Waals surface area contributed by atoms with Crippen LogP contribution in [0.1, 0.15) is 37.3 Å². The van der Waals surface area contributed by atoms with Gasteiger partial charge in [-0.2, -0.15) is 10.5 Å². The molecular weight excluding hydrogens is 332 g/mol. The number of nitrogens with zero attached hydrogens (tertiary/aromatic N) is 2. The minimum absolute atomic E-state index is 0.0790. The standard InChI is InChI=1S/C20H22N2O4/c1-3-26-18(23)11-6-14-4-7-15(8-5-14)20(16-9-10-16,19(24)25-2)17(12-21)13-22/h4-5,7-8,16-17H,3,6,9-11H2,1-2H3. The summed E-state index contributed by atoms with van der Waals surface area (Å²) >= 11 is 0. The SMILES string of the molecule is CCOC(=O)CCc1ccc(C(C(=O)OC)(C(C#N)C#N)C2CC2)cc1. The number of ether oxygens (including phenoxy) is 2. The van der Waals surface area contributed by atoms with Crippen molar-refractivity contribution in [3.63, 3.8) is 0 Å². The Morgan fingerprint density at radius 1 is 1.23 bits per heavy atom. The zero-order chi connectivity index (χ0) is 19.2. The number of carbonyl (C=O) groups is 2. The predicted molar refractivity (Wildman–Crippen MR) is 92.5 cm³/mol. The molecule has 0 N–H and O–H groups in total. The highest BCUT2D eigenvalue weighted by molar-refractivity contribution is 5.86. The summed E-state index contributed by atoms with van der Waals surface area (Å²) in [5.74, 6) is -2.00. The second-order valence-electron chi connectivity index (χ2n) is 6.33. The highest BCUT2D eigenvalue weighted by atomic mass is 16.5. The van der Waals surface area contributed by atoms with Crippen LogP contribution in [0, 0.1) is 34.5 Å². The van der Waals surface area contributed by atoms with E-state index in [9.17, 15) is 20.1 Å². The van der Waals surface area contributed by atoms with Gasteiger partial charge in [0.2, 0.25) is 0 Å². The number of hydrogen-bond acceptors (Lipinski definition) is 6. The molecule has 1 unspecified atom stereocenters. The number of aryl methyl sites for hydroxylation is 1. The fourth-order valence-corrected chi connectivity index (χ4v) is 3.41. The summed E-state index contributed by atoms with van der Waals surface area (Å²) in [5, 5.41) is 18.9. The van der Waals surface area contributed by atoms with Gasteiger partial charge >= 0.3 is 11.9 Å². The molecule has 0 bridgehead atoms. The lowest BCUT2D eigenvalue weighted by Gasteiger charge is -2.32. The van der Waals surface area contributed by atoms with Crippen molar-refractivity contribution in [2.45, 2.75) is 38.0 Å². The Kier molecular flexibility index (Phi) is 6.36. The molecule has 2 rings (SSSR count). The van der Waals surface area contributed by atoms with Gasteiger partial charge in [-0.05, 0) is 43.2 Å². The Bertz CT molecular complexity index is 727. The topological polar surface area (TPSA) is 100 Å². The van der Waals surface area contributed by atoms with Crippen LogP contribution in [0.2, 0.25) is 0 Å². The molecule has 6 nitrogen and oxygen atoms in total. The Balaban J connectivity index is 2.32. The van der Waals surface area contributed by atoms with Crippen LogP contribution in [0.4, 0.5) is 0 Å². The van der Waals surface area contributed by atoms with Crippen LogP contribution in [-0.4, -0.2) is 25.7 Å². The molecule has 0 heterocycles. The van der Waals surface area contributed by atoms with Crippen molar-refractivity contribution in [3.8, 4) is 12.1 Å². The van der Waals surface area contributed by atoms with Gasteiger partial charge in [-0.1, -0.05) is 24.3 Å². The quantitative estimate of drug-likeness (QED) is 0.665. The molecule has 26 heavy (non-hydrogen) atoms. The summed E-state index contributed by atoms with van der Waals surface area (Å²) < 4.78 is 9.91. The second-order valence-corrected chi connectivity index (χ2v) is 6.33. The van der Waals surface area contributed by atoms with Gasteiger partial charge in [0.15, 0.2) is 5.92 Å². The van der Waals surface area contributed by atoms with Crippen LogP contribution in [0.15, 0.2) is 24.3 Å². The maximum absolute atomic E-state index is 12.7. The first-order chi connectivity index (χ1) is 12.5. The maximum atomic E-state index is 12.7. The van der Waals surface area contributed by atoms with E-state index in [-0.39, 0.29) is 18.3 Å². The highest BCUT2D eigenvalue weighted by Gasteiger charge is 2.58. The summed E-state index contributed by atoms with van der Waals surface area (Å²) in [6.45, 7) is 2.11. The smallest absolute Gasteiger partial charge is 0.319 e. The van der Waals surface area contributed by atoms with Crippen molar-refractivity contribution in [3.05, 3.63) is 35.4 Å². The van der Waals surface area contributed by atoms with Crippen LogP contribution in [-0.2, 0) is 30.9 Å². The van der Waals surface area contributed by atoms with Gasteiger partial charge in [0.25, 0.3) is 0 Å². The first-order valence-electron chi connectivity index (χ1n) is 8.67. The molecule has 6 heteroatoms. The van der Waals surface area contributed by atoms with E-state index in [2.05, 4.69) is 0 Å². The molecule has 1 aromatic carbocycles. The third-order valence-electron chi connectivity index (χ3n) is 4.81. The van der Waals surface area contributed by atoms with Crippen molar-refractivity contribution in [2.24, 2.45) is 11.8 Å². The van der Waals surface area contributed by atoms with Crippen molar-refractivity contribution < 1.29 is 19.1 Å². The first-order valence-corrected chi connectivity index (χ1v) is 8.67. The van der Waals surface area contributed by atoms with Gasteiger partial charge in [-0.25, -0.2) is 0 Å². The number of carbonyl (C=O) groups excluding carboxylic acids is 2. The molecule has 136 valence electrons. The average Bonchev–Trinajstić information content (AvgIpc) is 3.50. The molecule has 0 saturated heterocycles. The number of esters is 2. The Labute approximate surface area is 153 Å². The number of benzene rings is 1. The number of rotatable bonds is 8. The van der Waals surface area contributed by atoms with Crippen LogP contribution in [0.25, 0.3) is 0 Å². The number of nitriles is 2. The fraction of sp³-hybridized carbons (Fsp3) is 0.500. The molecular formula is C20H22N2O4. The molecule has 1 aromatic rings. The molecule has 1 atom stereocenters. The van der Waals surface area contributed by atoms with E-state index in [4.69, 9.17) is 9.47 Å². The van der Waals surface area contributed by atoms with Crippen molar-refractivity contribution in [1.29, 1.82) is 10.5 Å². The minimum atomic E-state index is -1.27. The van der Waals surface area contributed by atoms with Crippen molar-refractivity contribution >= 4 is 11.9 Å². The summed E-state index contributed by atoms with van der Waals surface area (Å²) in [6.07, 6.45) is 2.35. The molecule has 0 radical (unpaired) electrons. The van der Waals surface area contributed by atoms with Gasteiger partial charge in [0, 0.05) is 6.42 Å². The normalized spacial score (nSPS) is 15.4. The Morgan fingerprint density at radius 2 is 1.85 bits per heavy atom. The molecule has 1 fully saturated rings. The van der Waals surface area contributed by atoms with Crippen LogP contribution < -0.4 is 0 Å². The van der Waals surface area contributed by atoms with E-state index in [1.165, 1.54) is 7.11 Å². The molecule has 0 aliphatic heterocycles. The largest absolute Gasteiger partial charge is 0.468 e. The van der Waals surface area contributed by atoms with E-state index in [1.807, 2.05) is 24.3 Å². The molecule has 0 amide bonds.